The van der Waals surface area contributed by atoms with Gasteiger partial charge in [0.05, 0.1) is 5.69 Å². The molecule has 48 heavy (non-hydrogen) atoms. The number of anilines is 2. The number of alkyl halides is 2. The van der Waals surface area contributed by atoms with Crippen LogP contribution in [0.25, 0.3) is 10.8 Å². The topological polar surface area (TPSA) is 44.3 Å². The van der Waals surface area contributed by atoms with E-state index in [2.05, 4.69) is 65.1 Å². The molecule has 9 rings (SSSR count). The molecule has 0 atom stereocenters. The van der Waals surface area contributed by atoms with Gasteiger partial charge < -0.3 is 10.2 Å². The SMILES string of the molecule is CC.Cc1nnc2c3cc(N4CCCCC4)c(cc13)CC(C)(C)CCCCCC(C)(C)N1CCC(CC1)C(F)(F)c1cccc(c1)CN2. The highest BCUT2D eigenvalue weighted by Gasteiger charge is 2.44. The minimum Gasteiger partial charge on any atom is -0.371 e. The van der Waals surface area contributed by atoms with E-state index in [0.717, 1.165) is 66.9 Å². The Hall–Kier alpha value is -2.80. The molecule has 6 aliphatic heterocycles. The molecule has 2 fully saturated rings. The summed E-state index contributed by atoms with van der Waals surface area (Å²) in [5.74, 6) is -2.78. The van der Waals surface area contributed by atoms with Gasteiger partial charge in [0, 0.05) is 53.1 Å². The molecule has 1 N–H and O–H groups in total. The highest BCUT2D eigenvalue weighted by Crippen LogP contribution is 2.43. The van der Waals surface area contributed by atoms with E-state index in [1.165, 1.54) is 56.2 Å². The van der Waals surface area contributed by atoms with Crippen LogP contribution >= 0.6 is 0 Å². The molecule has 0 unspecified atom stereocenters. The Bertz CT molecular complexity index is 1500. The van der Waals surface area contributed by atoms with Crippen molar-refractivity contribution in [1.29, 1.82) is 0 Å². The van der Waals surface area contributed by atoms with Crippen molar-refractivity contribution in [2.45, 2.75) is 137 Å². The number of nitrogens with one attached hydrogen (secondary N) is 1. The molecule has 0 saturated carbocycles. The van der Waals surface area contributed by atoms with E-state index < -0.39 is 11.8 Å². The molecule has 0 amide bonds. The van der Waals surface area contributed by atoms with E-state index in [9.17, 15) is 0 Å². The van der Waals surface area contributed by atoms with Gasteiger partial charge in [-0.05, 0) is 120 Å². The van der Waals surface area contributed by atoms with Crippen LogP contribution in [0, 0.1) is 18.3 Å². The number of piperidine rings is 2. The summed E-state index contributed by atoms with van der Waals surface area (Å²) in [7, 11) is 0. The van der Waals surface area contributed by atoms with Crippen molar-refractivity contribution in [3.8, 4) is 0 Å². The Balaban J connectivity index is 0.00000221. The highest BCUT2D eigenvalue weighted by molar-refractivity contribution is 5.96. The van der Waals surface area contributed by atoms with Crippen LogP contribution in [0.5, 0.6) is 0 Å². The minimum atomic E-state index is -2.86. The first-order valence-corrected chi connectivity index (χ1v) is 18.9. The second-order valence-corrected chi connectivity index (χ2v) is 15.9. The lowest BCUT2D eigenvalue weighted by Crippen LogP contribution is -2.49. The zero-order valence-electron chi connectivity index (χ0n) is 30.9. The van der Waals surface area contributed by atoms with Gasteiger partial charge in [-0.2, -0.15) is 5.10 Å². The average Bonchev–Trinajstić information content (AvgIpc) is 3.08. The lowest BCUT2D eigenvalue weighted by atomic mass is 9.79. The van der Waals surface area contributed by atoms with Gasteiger partial charge in [-0.3, -0.25) is 4.90 Å². The normalized spacial score (nSPS) is 24.5. The molecular formula is C41H61F2N5. The predicted octanol–water partition coefficient (Wildman–Crippen LogP) is 10.7. The van der Waals surface area contributed by atoms with E-state index in [4.69, 9.17) is 0 Å². The number of rotatable bonds is 1. The van der Waals surface area contributed by atoms with Gasteiger partial charge in [-0.25, -0.2) is 8.78 Å². The molecule has 8 bridgehead atoms. The second kappa shape index (κ2) is 15.4. The quantitative estimate of drug-likeness (QED) is 0.281. The molecule has 1 aromatic heterocycles. The summed E-state index contributed by atoms with van der Waals surface area (Å²) >= 11 is 0. The van der Waals surface area contributed by atoms with Crippen LogP contribution in [-0.2, 0) is 18.9 Å². The fourth-order valence-corrected chi connectivity index (χ4v) is 8.32. The number of aromatic nitrogens is 2. The molecule has 2 aromatic carbocycles. The number of nitrogens with zero attached hydrogens (tertiary/aromatic N) is 4. The molecule has 7 heteroatoms. The minimum absolute atomic E-state index is 0.0308. The van der Waals surface area contributed by atoms with Crippen molar-refractivity contribution in [3.05, 3.63) is 58.8 Å². The van der Waals surface area contributed by atoms with Crippen LogP contribution in [-0.4, -0.2) is 46.8 Å². The summed E-state index contributed by atoms with van der Waals surface area (Å²) in [4.78, 5) is 5.04. The zero-order valence-corrected chi connectivity index (χ0v) is 30.9. The number of halogens is 2. The maximum absolute atomic E-state index is 16.0. The van der Waals surface area contributed by atoms with Crippen molar-refractivity contribution in [2.75, 3.05) is 36.4 Å². The van der Waals surface area contributed by atoms with Crippen molar-refractivity contribution in [3.63, 3.8) is 0 Å². The van der Waals surface area contributed by atoms with Crippen LogP contribution < -0.4 is 10.2 Å². The van der Waals surface area contributed by atoms with Crippen molar-refractivity contribution in [1.82, 2.24) is 15.1 Å². The monoisotopic (exact) mass is 661 g/mol. The summed E-state index contributed by atoms with van der Waals surface area (Å²) in [6.45, 7) is 19.6. The lowest BCUT2D eigenvalue weighted by Gasteiger charge is -2.44. The molecule has 5 nitrogen and oxygen atoms in total. The molecule has 2 saturated heterocycles. The van der Waals surface area contributed by atoms with Crippen LogP contribution in [0.2, 0.25) is 0 Å². The van der Waals surface area contributed by atoms with Crippen LogP contribution in [0.3, 0.4) is 0 Å². The van der Waals surface area contributed by atoms with Gasteiger partial charge in [0.1, 0.15) is 0 Å². The van der Waals surface area contributed by atoms with Crippen molar-refractivity contribution < 1.29 is 8.78 Å². The molecule has 3 aromatic rings. The third-order valence-electron chi connectivity index (χ3n) is 11.3. The molecule has 0 aliphatic carbocycles. The van der Waals surface area contributed by atoms with Crippen molar-refractivity contribution >= 4 is 22.3 Å². The second-order valence-electron chi connectivity index (χ2n) is 15.9. The fourth-order valence-electron chi connectivity index (χ4n) is 8.32. The van der Waals surface area contributed by atoms with Crippen LogP contribution in [0.1, 0.15) is 128 Å². The van der Waals surface area contributed by atoms with E-state index in [1.54, 1.807) is 18.2 Å². The van der Waals surface area contributed by atoms with Crippen molar-refractivity contribution in [2.24, 2.45) is 11.3 Å². The van der Waals surface area contributed by atoms with Gasteiger partial charge in [0.25, 0.3) is 5.92 Å². The average molecular weight is 662 g/mol. The Morgan fingerprint density at radius 1 is 0.792 bits per heavy atom. The Labute approximate surface area is 289 Å². The highest BCUT2D eigenvalue weighted by atomic mass is 19.3. The first-order chi connectivity index (χ1) is 22.9. The van der Waals surface area contributed by atoms with E-state index in [0.29, 0.717) is 19.4 Å². The largest absolute Gasteiger partial charge is 0.371 e. The van der Waals surface area contributed by atoms with Gasteiger partial charge >= 0.3 is 0 Å². The third-order valence-corrected chi connectivity index (χ3v) is 11.3. The lowest BCUT2D eigenvalue weighted by molar-refractivity contribution is -0.0937. The number of hydrogen-bond donors (Lipinski definition) is 1. The number of hydrogen-bond acceptors (Lipinski definition) is 5. The summed E-state index contributed by atoms with van der Waals surface area (Å²) in [5, 5.41) is 14.8. The van der Waals surface area contributed by atoms with Gasteiger partial charge in [0.15, 0.2) is 5.82 Å². The van der Waals surface area contributed by atoms with Gasteiger partial charge in [0.2, 0.25) is 0 Å². The Morgan fingerprint density at radius 2 is 1.48 bits per heavy atom. The Morgan fingerprint density at radius 3 is 2.21 bits per heavy atom. The van der Waals surface area contributed by atoms with Crippen LogP contribution in [0.4, 0.5) is 20.3 Å². The maximum Gasteiger partial charge on any atom is 0.276 e. The summed E-state index contributed by atoms with van der Waals surface area (Å²) < 4.78 is 32.0. The van der Waals surface area contributed by atoms with E-state index >= 15 is 8.78 Å². The molecule has 0 radical (unpaired) electrons. The summed E-state index contributed by atoms with van der Waals surface area (Å²) in [5.41, 5.74) is 4.81. The summed E-state index contributed by atoms with van der Waals surface area (Å²) in [6.07, 6.45) is 11.7. The molecule has 7 heterocycles. The number of benzene rings is 2. The molecule has 0 spiro atoms. The number of aryl methyl sites for hydroxylation is 1. The first-order valence-electron chi connectivity index (χ1n) is 18.9. The molecule has 6 aliphatic rings. The standard InChI is InChI=1S/C39H55F2N5.C2H6/c1-28-33-24-30-26-37(2,3)17-8-6-9-18-38(4,5)46-21-15-31(16-22-46)39(40,41)32-14-12-13-29(23-32)27-42-36(44-43-28)34(33)25-35(30)45-19-10-7-11-20-45;1-2/h12-14,23-25,31H,6-11,15-22,26-27H2,1-5H3,(H,42,44);1-2H3. The predicted molar refractivity (Wildman–Crippen MR) is 198 cm³/mol. The zero-order chi connectivity index (χ0) is 34.5. The first kappa shape index (κ1) is 36.5. The van der Waals surface area contributed by atoms with E-state index in [1.807, 2.05) is 26.8 Å². The van der Waals surface area contributed by atoms with E-state index in [-0.39, 0.29) is 16.5 Å². The maximum atomic E-state index is 16.0. The molecule has 264 valence electrons. The third kappa shape index (κ3) is 8.31. The Kier molecular flexibility index (Phi) is 11.7. The van der Waals surface area contributed by atoms with Gasteiger partial charge in [-0.1, -0.05) is 65.2 Å². The summed E-state index contributed by atoms with van der Waals surface area (Å²) in [6, 6.07) is 11.7. The molecular weight excluding hydrogens is 600 g/mol. The fraction of sp³-hybridized carbons (Fsp3) is 0.659. The van der Waals surface area contributed by atoms with Gasteiger partial charge in [-0.15, -0.1) is 5.10 Å². The smallest absolute Gasteiger partial charge is 0.276 e. The van der Waals surface area contributed by atoms with Crippen LogP contribution in [0.15, 0.2) is 36.4 Å².